The Labute approximate surface area is 151 Å². The molecule has 0 heterocycles. The van der Waals surface area contributed by atoms with E-state index in [1.165, 1.54) is 12.1 Å². The first kappa shape index (κ1) is 19.6. The number of amides is 2. The molecule has 0 bridgehead atoms. The van der Waals surface area contributed by atoms with E-state index >= 15 is 0 Å². The minimum Gasteiger partial charge on any atom is -0.343 e. The monoisotopic (exact) mass is 396 g/mol. The van der Waals surface area contributed by atoms with Crippen LogP contribution in [0.4, 0.5) is 0 Å². The molecule has 138 valence electrons. The third kappa shape index (κ3) is 5.14. The number of hydrogen-bond donors (Lipinski definition) is 2. The van der Waals surface area contributed by atoms with Crippen molar-refractivity contribution in [2.45, 2.75) is 9.79 Å². The van der Waals surface area contributed by atoms with Crippen molar-refractivity contribution in [3.05, 3.63) is 60.2 Å². The lowest BCUT2D eigenvalue weighted by atomic mass is 10.2. The fraction of sp³-hybridized carbons (Fsp3) is 0.125. The lowest BCUT2D eigenvalue weighted by Gasteiger charge is -2.09. The normalized spacial score (nSPS) is 11.6. The summed E-state index contributed by atoms with van der Waals surface area (Å²) in [5.41, 5.74) is 0.323. The Morgan fingerprint density at radius 3 is 2.12 bits per heavy atom. The molecule has 8 nitrogen and oxygen atoms in total. The van der Waals surface area contributed by atoms with E-state index in [0.29, 0.717) is 5.56 Å². The second-order valence-corrected chi connectivity index (χ2v) is 9.02. The van der Waals surface area contributed by atoms with Gasteiger partial charge in [-0.1, -0.05) is 24.3 Å². The van der Waals surface area contributed by atoms with Crippen molar-refractivity contribution in [1.82, 2.24) is 10.0 Å². The van der Waals surface area contributed by atoms with E-state index in [1.54, 1.807) is 35.1 Å². The quantitative estimate of drug-likeness (QED) is 0.724. The summed E-state index contributed by atoms with van der Waals surface area (Å²) in [4.78, 5) is 23.1. The van der Waals surface area contributed by atoms with E-state index in [1.807, 2.05) is 0 Å². The van der Waals surface area contributed by atoms with E-state index < -0.39 is 38.2 Å². The number of sulfonamides is 1. The van der Waals surface area contributed by atoms with Gasteiger partial charge in [0.05, 0.1) is 16.3 Å². The van der Waals surface area contributed by atoms with Gasteiger partial charge in [0.2, 0.25) is 0 Å². The molecule has 2 aromatic carbocycles. The molecule has 0 aliphatic heterocycles. The average Bonchev–Trinajstić information content (AvgIpc) is 2.59. The van der Waals surface area contributed by atoms with Gasteiger partial charge in [0.15, 0.2) is 9.84 Å². The van der Waals surface area contributed by atoms with Gasteiger partial charge in [-0.05, 0) is 30.3 Å². The zero-order valence-corrected chi connectivity index (χ0v) is 15.3. The van der Waals surface area contributed by atoms with Gasteiger partial charge in [0.1, 0.15) is 0 Å². The number of carbonyl (C=O) groups is 2. The van der Waals surface area contributed by atoms with Crippen LogP contribution in [0.15, 0.2) is 64.4 Å². The van der Waals surface area contributed by atoms with Crippen LogP contribution in [0.3, 0.4) is 0 Å². The minimum absolute atomic E-state index is 0.190. The molecule has 0 saturated heterocycles. The van der Waals surface area contributed by atoms with Crippen LogP contribution in [0, 0.1) is 0 Å². The van der Waals surface area contributed by atoms with Crippen molar-refractivity contribution in [3.8, 4) is 0 Å². The van der Waals surface area contributed by atoms with Gasteiger partial charge in [-0.3, -0.25) is 9.59 Å². The van der Waals surface area contributed by atoms with Crippen LogP contribution in [-0.2, 0) is 24.7 Å². The lowest BCUT2D eigenvalue weighted by molar-refractivity contribution is -0.118. The van der Waals surface area contributed by atoms with E-state index in [-0.39, 0.29) is 9.79 Å². The van der Waals surface area contributed by atoms with Gasteiger partial charge >= 0.3 is 0 Å². The zero-order chi connectivity index (χ0) is 19.4. The van der Waals surface area contributed by atoms with E-state index in [2.05, 4.69) is 5.32 Å². The number of hydrogen-bond acceptors (Lipinski definition) is 6. The Hall–Kier alpha value is -2.72. The summed E-state index contributed by atoms with van der Waals surface area (Å²) >= 11 is 0. The Bertz CT molecular complexity index is 1030. The van der Waals surface area contributed by atoms with Crippen LogP contribution in [0.2, 0.25) is 0 Å². The first-order valence-corrected chi connectivity index (χ1v) is 10.7. The van der Waals surface area contributed by atoms with Gasteiger partial charge in [-0.15, -0.1) is 0 Å². The molecule has 0 spiro atoms. The van der Waals surface area contributed by atoms with Crippen molar-refractivity contribution >= 4 is 31.7 Å². The van der Waals surface area contributed by atoms with Crippen molar-refractivity contribution in [3.63, 3.8) is 0 Å². The molecule has 0 saturated carbocycles. The highest BCUT2D eigenvalue weighted by molar-refractivity contribution is 7.91. The zero-order valence-electron chi connectivity index (χ0n) is 13.7. The average molecular weight is 396 g/mol. The molecule has 2 aromatic rings. The van der Waals surface area contributed by atoms with Crippen molar-refractivity contribution < 1.29 is 26.4 Å². The number of nitrogens with one attached hydrogen (secondary N) is 2. The molecule has 2 rings (SSSR count). The van der Waals surface area contributed by atoms with Crippen LogP contribution in [-0.4, -0.2) is 41.5 Å². The number of carbonyl (C=O) groups excluding carboxylic acids is 2. The van der Waals surface area contributed by atoms with Crippen LogP contribution in [0.25, 0.3) is 0 Å². The molecule has 0 aliphatic rings. The van der Waals surface area contributed by atoms with E-state index in [9.17, 15) is 26.4 Å². The van der Waals surface area contributed by atoms with Crippen molar-refractivity contribution in [2.24, 2.45) is 0 Å². The molecule has 26 heavy (non-hydrogen) atoms. The van der Waals surface area contributed by atoms with Crippen LogP contribution >= 0.6 is 0 Å². The standard InChI is InChI=1S/C16H16N2O6S2/c1-25(21,22)13-8-5-9-14(10-13)26(23,24)18-15(19)11-17-16(20)12-6-3-2-4-7-12/h2-10H,11H2,1H3,(H,17,20)(H,18,19). The number of sulfone groups is 1. The number of benzene rings is 2. The van der Waals surface area contributed by atoms with Gasteiger partial charge in [0, 0.05) is 11.8 Å². The summed E-state index contributed by atoms with van der Waals surface area (Å²) in [6, 6.07) is 12.7. The van der Waals surface area contributed by atoms with Gasteiger partial charge in [-0.2, -0.15) is 0 Å². The topological polar surface area (TPSA) is 126 Å². The maximum atomic E-state index is 12.2. The van der Waals surface area contributed by atoms with Gasteiger partial charge < -0.3 is 5.32 Å². The van der Waals surface area contributed by atoms with Crippen molar-refractivity contribution in [1.29, 1.82) is 0 Å². The Morgan fingerprint density at radius 2 is 1.50 bits per heavy atom. The van der Waals surface area contributed by atoms with Gasteiger partial charge in [-0.25, -0.2) is 21.6 Å². The molecule has 10 heteroatoms. The Morgan fingerprint density at radius 1 is 0.885 bits per heavy atom. The maximum Gasteiger partial charge on any atom is 0.264 e. The molecule has 2 N–H and O–H groups in total. The lowest BCUT2D eigenvalue weighted by Crippen LogP contribution is -2.39. The Kier molecular flexibility index (Phi) is 5.78. The van der Waals surface area contributed by atoms with Crippen LogP contribution in [0.5, 0.6) is 0 Å². The Balaban J connectivity index is 2.05. The summed E-state index contributed by atoms with van der Waals surface area (Å²) in [5.74, 6) is -1.49. The first-order valence-electron chi connectivity index (χ1n) is 7.28. The van der Waals surface area contributed by atoms with Crippen LogP contribution in [0.1, 0.15) is 10.4 Å². The summed E-state index contributed by atoms with van der Waals surface area (Å²) < 4.78 is 49.2. The summed E-state index contributed by atoms with van der Waals surface area (Å²) in [6.45, 7) is -0.557. The maximum absolute atomic E-state index is 12.2. The molecule has 2 amide bonds. The largest absolute Gasteiger partial charge is 0.343 e. The SMILES string of the molecule is CS(=O)(=O)c1cccc(S(=O)(=O)NC(=O)CNC(=O)c2ccccc2)c1. The third-order valence-corrected chi connectivity index (χ3v) is 5.72. The molecule has 0 atom stereocenters. The fourth-order valence-electron chi connectivity index (χ4n) is 1.97. The predicted molar refractivity (Wildman–Crippen MR) is 93.7 cm³/mol. The molecule has 0 fully saturated rings. The molecular formula is C16H16N2O6S2. The minimum atomic E-state index is -4.27. The van der Waals surface area contributed by atoms with E-state index in [4.69, 9.17) is 0 Å². The predicted octanol–water partition coefficient (Wildman–Crippen LogP) is 0.325. The highest BCUT2D eigenvalue weighted by atomic mass is 32.2. The number of rotatable bonds is 6. The molecule has 0 radical (unpaired) electrons. The summed E-state index contributed by atoms with van der Waals surface area (Å²) in [7, 11) is -7.87. The molecule has 0 aliphatic carbocycles. The first-order chi connectivity index (χ1) is 12.1. The summed E-state index contributed by atoms with van der Waals surface area (Å²) in [6.07, 6.45) is 0.941. The van der Waals surface area contributed by atoms with Crippen molar-refractivity contribution in [2.75, 3.05) is 12.8 Å². The fourth-order valence-corrected chi connectivity index (χ4v) is 3.74. The second-order valence-electron chi connectivity index (χ2n) is 5.32. The van der Waals surface area contributed by atoms with E-state index in [0.717, 1.165) is 18.4 Å². The van der Waals surface area contributed by atoms with Crippen LogP contribution < -0.4 is 10.0 Å². The summed E-state index contributed by atoms with van der Waals surface area (Å²) in [5, 5.41) is 2.30. The highest BCUT2D eigenvalue weighted by Crippen LogP contribution is 2.15. The second kappa shape index (κ2) is 7.67. The third-order valence-electron chi connectivity index (χ3n) is 3.24. The highest BCUT2D eigenvalue weighted by Gasteiger charge is 2.20. The van der Waals surface area contributed by atoms with Gasteiger partial charge in [0.25, 0.3) is 21.8 Å². The molecular weight excluding hydrogens is 380 g/mol. The smallest absolute Gasteiger partial charge is 0.264 e. The molecule has 0 unspecified atom stereocenters. The molecule has 0 aromatic heterocycles.